The van der Waals surface area contributed by atoms with Gasteiger partial charge >= 0.3 is 0 Å². The third-order valence-corrected chi connectivity index (χ3v) is 4.64. The summed E-state index contributed by atoms with van der Waals surface area (Å²) in [7, 11) is 0. The zero-order valence-electron chi connectivity index (χ0n) is 16.3. The zero-order chi connectivity index (χ0) is 20.2. The van der Waals surface area contributed by atoms with Gasteiger partial charge in [0.1, 0.15) is 12.3 Å². The molecule has 0 saturated carbocycles. The number of rotatable bonds is 8. The summed E-state index contributed by atoms with van der Waals surface area (Å²) < 4.78 is 46.8. The molecule has 0 radical (unpaired) electrons. The molecule has 7 heteroatoms. The molecule has 1 unspecified atom stereocenters. The smallest absolute Gasteiger partial charge is 0.263 e. The summed E-state index contributed by atoms with van der Waals surface area (Å²) in [4.78, 5) is 8.54. The first kappa shape index (κ1) is 21.6. The largest absolute Gasteiger partial charge is 0.367 e. The maximum Gasteiger partial charge on any atom is 0.263 e. The van der Waals surface area contributed by atoms with Gasteiger partial charge in [-0.25, -0.2) is 13.2 Å². The quantitative estimate of drug-likeness (QED) is 0.741. The minimum atomic E-state index is -2.72. The Morgan fingerprint density at radius 3 is 2.63 bits per heavy atom. The van der Waals surface area contributed by atoms with Crippen LogP contribution in [0.1, 0.15) is 38.4 Å². The van der Waals surface area contributed by atoms with Crippen LogP contribution in [0.4, 0.5) is 13.2 Å². The standard InChI is InChI=1S/C20H28F3N3O/c1-13(2)9-20(24,10-21)12-27-19(4)11-26-17(8-16(19)18(22)23)15-5-6-25-14(3)7-15/h5-8,13,18H,9-12,24H2,1-4H3/t19?,20-/m0/s1. The number of aromatic nitrogens is 1. The van der Waals surface area contributed by atoms with Crippen LogP contribution >= 0.6 is 0 Å². The van der Waals surface area contributed by atoms with Gasteiger partial charge in [-0.2, -0.15) is 0 Å². The predicted octanol–water partition coefficient (Wildman–Crippen LogP) is 3.87. The van der Waals surface area contributed by atoms with Gasteiger partial charge in [-0.3, -0.25) is 9.98 Å². The average molecular weight is 383 g/mol. The number of nitrogens with zero attached hydrogens (tertiary/aromatic N) is 2. The Hall–Kier alpha value is -1.73. The van der Waals surface area contributed by atoms with E-state index in [0.29, 0.717) is 12.1 Å². The van der Waals surface area contributed by atoms with Crippen LogP contribution in [0, 0.1) is 12.8 Å². The summed E-state index contributed by atoms with van der Waals surface area (Å²) in [6, 6.07) is 3.52. The van der Waals surface area contributed by atoms with Gasteiger partial charge in [0.2, 0.25) is 0 Å². The second kappa shape index (κ2) is 8.52. The van der Waals surface area contributed by atoms with Crippen LogP contribution in [0.2, 0.25) is 0 Å². The molecule has 0 spiro atoms. The van der Waals surface area contributed by atoms with Gasteiger partial charge in [-0.1, -0.05) is 13.8 Å². The van der Waals surface area contributed by atoms with Gasteiger partial charge in [0.25, 0.3) is 6.43 Å². The lowest BCUT2D eigenvalue weighted by atomic mass is 9.88. The summed E-state index contributed by atoms with van der Waals surface area (Å²) >= 11 is 0. The van der Waals surface area contributed by atoms with E-state index in [1.54, 1.807) is 25.3 Å². The fraction of sp³-hybridized carbons (Fsp3) is 0.600. The van der Waals surface area contributed by atoms with E-state index in [4.69, 9.17) is 10.5 Å². The number of alkyl halides is 3. The molecule has 1 aromatic rings. The Bertz CT molecular complexity index is 720. The van der Waals surface area contributed by atoms with E-state index in [9.17, 15) is 13.2 Å². The molecule has 0 bridgehead atoms. The SMILES string of the molecule is Cc1cc(C2=NCC(C)(OC[C@@](N)(CF)CC(C)C)C(C(F)F)=C2)ccn1. The highest BCUT2D eigenvalue weighted by Gasteiger charge is 2.40. The molecular formula is C20H28F3N3O. The van der Waals surface area contributed by atoms with Crippen LogP contribution in [0.5, 0.6) is 0 Å². The van der Waals surface area contributed by atoms with Crippen molar-refractivity contribution in [2.24, 2.45) is 16.6 Å². The molecule has 0 amide bonds. The highest BCUT2D eigenvalue weighted by Crippen LogP contribution is 2.32. The van der Waals surface area contributed by atoms with Gasteiger partial charge in [0.15, 0.2) is 0 Å². The van der Waals surface area contributed by atoms with Crippen molar-refractivity contribution in [3.63, 3.8) is 0 Å². The monoisotopic (exact) mass is 383 g/mol. The fourth-order valence-electron chi connectivity index (χ4n) is 3.24. The van der Waals surface area contributed by atoms with Crippen molar-refractivity contribution in [3.8, 4) is 0 Å². The number of pyridine rings is 1. The third kappa shape index (κ3) is 5.39. The van der Waals surface area contributed by atoms with E-state index in [-0.39, 0.29) is 24.6 Å². The number of halogens is 3. The lowest BCUT2D eigenvalue weighted by Crippen LogP contribution is -2.52. The minimum absolute atomic E-state index is 0.0178. The van der Waals surface area contributed by atoms with Gasteiger partial charge in [-0.15, -0.1) is 0 Å². The predicted molar refractivity (Wildman–Crippen MR) is 101 cm³/mol. The Kier molecular flexibility index (Phi) is 6.81. The Labute approximate surface area is 158 Å². The molecule has 0 aliphatic carbocycles. The summed E-state index contributed by atoms with van der Waals surface area (Å²) in [5, 5.41) is 0. The second-order valence-electron chi connectivity index (χ2n) is 7.90. The summed E-state index contributed by atoms with van der Waals surface area (Å²) in [5.41, 5.74) is 5.34. The molecule has 1 aromatic heterocycles. The van der Waals surface area contributed by atoms with Crippen molar-refractivity contribution in [3.05, 3.63) is 41.2 Å². The number of dihydropyridines is 1. The maximum atomic E-state index is 13.8. The van der Waals surface area contributed by atoms with Gasteiger partial charge in [-0.05, 0) is 44.4 Å². The Balaban J connectivity index is 2.23. The van der Waals surface area contributed by atoms with Crippen molar-refractivity contribution < 1.29 is 17.9 Å². The number of allylic oxidation sites excluding steroid dienone is 1. The molecule has 2 heterocycles. The van der Waals surface area contributed by atoms with E-state index in [1.807, 2.05) is 20.8 Å². The van der Waals surface area contributed by atoms with E-state index in [0.717, 1.165) is 11.3 Å². The number of nitrogens with two attached hydrogens (primary N) is 1. The fourth-order valence-corrected chi connectivity index (χ4v) is 3.24. The molecule has 2 atom stereocenters. The van der Waals surface area contributed by atoms with Gasteiger partial charge in [0.05, 0.1) is 24.4 Å². The molecule has 0 saturated heterocycles. The summed E-state index contributed by atoms with van der Waals surface area (Å²) in [6.07, 6.45) is 0.659. The molecule has 4 nitrogen and oxygen atoms in total. The van der Waals surface area contributed by atoms with Crippen molar-refractivity contribution in [2.45, 2.75) is 51.7 Å². The summed E-state index contributed by atoms with van der Waals surface area (Å²) in [5.74, 6) is 0.165. The molecule has 0 aromatic carbocycles. The topological polar surface area (TPSA) is 60.5 Å². The zero-order valence-corrected chi connectivity index (χ0v) is 16.3. The van der Waals surface area contributed by atoms with E-state index >= 15 is 0 Å². The van der Waals surface area contributed by atoms with E-state index in [2.05, 4.69) is 9.98 Å². The Morgan fingerprint density at radius 2 is 2.07 bits per heavy atom. The number of ether oxygens (including phenoxy) is 1. The molecule has 1 aliphatic heterocycles. The van der Waals surface area contributed by atoms with Gasteiger partial charge in [0, 0.05) is 23.0 Å². The average Bonchev–Trinajstić information content (AvgIpc) is 2.60. The molecule has 2 N–H and O–H groups in total. The first-order valence-electron chi connectivity index (χ1n) is 9.05. The molecule has 0 fully saturated rings. The lowest BCUT2D eigenvalue weighted by molar-refractivity contribution is -0.0466. The first-order chi connectivity index (χ1) is 12.6. The van der Waals surface area contributed by atoms with Crippen molar-refractivity contribution >= 4 is 5.71 Å². The number of hydrogen-bond acceptors (Lipinski definition) is 4. The molecule has 1 aliphatic rings. The van der Waals surface area contributed by atoms with Crippen LogP contribution in [0.3, 0.4) is 0 Å². The minimum Gasteiger partial charge on any atom is -0.367 e. The second-order valence-corrected chi connectivity index (χ2v) is 7.90. The van der Waals surface area contributed by atoms with Crippen molar-refractivity contribution in [2.75, 3.05) is 19.8 Å². The van der Waals surface area contributed by atoms with E-state index in [1.165, 1.54) is 6.08 Å². The highest BCUT2D eigenvalue weighted by atomic mass is 19.3. The lowest BCUT2D eigenvalue weighted by Gasteiger charge is -2.37. The number of aryl methyl sites for hydroxylation is 1. The highest BCUT2D eigenvalue weighted by molar-refractivity contribution is 6.09. The van der Waals surface area contributed by atoms with Crippen LogP contribution < -0.4 is 5.73 Å². The van der Waals surface area contributed by atoms with Crippen LogP contribution in [0.15, 0.2) is 35.0 Å². The van der Waals surface area contributed by atoms with E-state index < -0.39 is 24.2 Å². The number of aliphatic imine (C=N–C) groups is 1. The van der Waals surface area contributed by atoms with Crippen LogP contribution in [0.25, 0.3) is 0 Å². The van der Waals surface area contributed by atoms with Crippen molar-refractivity contribution in [1.29, 1.82) is 0 Å². The van der Waals surface area contributed by atoms with Crippen molar-refractivity contribution in [1.82, 2.24) is 4.98 Å². The molecule has 27 heavy (non-hydrogen) atoms. The molecular weight excluding hydrogens is 355 g/mol. The number of hydrogen-bond donors (Lipinski definition) is 1. The van der Waals surface area contributed by atoms with Crippen LogP contribution in [-0.4, -0.2) is 48.1 Å². The van der Waals surface area contributed by atoms with Crippen LogP contribution in [-0.2, 0) is 4.74 Å². The van der Waals surface area contributed by atoms with Gasteiger partial charge < -0.3 is 10.5 Å². The molecule has 2 rings (SSSR count). The maximum absolute atomic E-state index is 13.8. The third-order valence-electron chi connectivity index (χ3n) is 4.64. The molecule has 150 valence electrons. The Morgan fingerprint density at radius 1 is 1.37 bits per heavy atom. The first-order valence-corrected chi connectivity index (χ1v) is 9.05. The normalized spacial score (nSPS) is 22.6. The summed E-state index contributed by atoms with van der Waals surface area (Å²) in [6.45, 7) is 6.32.